The van der Waals surface area contributed by atoms with Gasteiger partial charge in [0, 0.05) is 0 Å². The first kappa shape index (κ1) is 17.3. The lowest BCUT2D eigenvalue weighted by Gasteiger charge is -2.09. The van der Waals surface area contributed by atoms with Gasteiger partial charge in [0.25, 0.3) is 0 Å². The van der Waals surface area contributed by atoms with Crippen LogP contribution in [0.4, 0.5) is 0 Å². The van der Waals surface area contributed by atoms with Crippen molar-refractivity contribution in [2.75, 3.05) is 19.8 Å². The van der Waals surface area contributed by atoms with Gasteiger partial charge in [-0.05, 0) is 55.5 Å². The molecule has 2 rings (SSSR count). The number of ether oxygens (including phenoxy) is 3. The summed E-state index contributed by atoms with van der Waals surface area (Å²) in [6, 6.07) is 12.8. The largest absolute Gasteiger partial charge is 0.490 e. The molecule has 0 saturated heterocycles. The summed E-state index contributed by atoms with van der Waals surface area (Å²) in [5.41, 5.74) is 0.680. The Morgan fingerprint density at radius 3 is 1.71 bits per heavy atom. The summed E-state index contributed by atoms with van der Waals surface area (Å²) in [7, 11) is 0. The number of hydrogen-bond acceptors (Lipinski definition) is 5. The van der Waals surface area contributed by atoms with Crippen LogP contribution in [0.1, 0.15) is 27.6 Å². The van der Waals surface area contributed by atoms with Crippen molar-refractivity contribution < 1.29 is 28.9 Å². The van der Waals surface area contributed by atoms with Gasteiger partial charge in [0.05, 0.1) is 17.7 Å². The molecule has 6 nitrogen and oxygen atoms in total. The van der Waals surface area contributed by atoms with Gasteiger partial charge >= 0.3 is 11.9 Å². The molecular formula is C18H18O6. The van der Waals surface area contributed by atoms with Gasteiger partial charge < -0.3 is 19.3 Å². The number of aromatic carboxylic acids is 1. The molecule has 2 aromatic carbocycles. The lowest BCUT2D eigenvalue weighted by molar-refractivity contribution is 0.0525. The predicted octanol–water partition coefficient (Wildman–Crippen LogP) is 3.02. The fraction of sp³-hybridized carbons (Fsp3) is 0.222. The maximum Gasteiger partial charge on any atom is 0.338 e. The monoisotopic (exact) mass is 330 g/mol. The van der Waals surface area contributed by atoms with Crippen molar-refractivity contribution in [2.24, 2.45) is 0 Å². The van der Waals surface area contributed by atoms with Crippen LogP contribution in [0.25, 0.3) is 0 Å². The van der Waals surface area contributed by atoms with Crippen molar-refractivity contribution in [3.8, 4) is 11.5 Å². The molecule has 0 fully saturated rings. The molecule has 0 atom stereocenters. The molecule has 2 aromatic rings. The summed E-state index contributed by atoms with van der Waals surface area (Å²) in [4.78, 5) is 22.3. The van der Waals surface area contributed by atoms with Crippen molar-refractivity contribution in [1.29, 1.82) is 0 Å². The molecule has 126 valence electrons. The lowest BCUT2D eigenvalue weighted by atomic mass is 10.2. The van der Waals surface area contributed by atoms with E-state index in [0.29, 0.717) is 36.9 Å². The number of rotatable bonds is 8. The highest BCUT2D eigenvalue weighted by atomic mass is 16.5. The molecule has 0 spiro atoms. The van der Waals surface area contributed by atoms with Crippen molar-refractivity contribution >= 4 is 11.9 Å². The average Bonchev–Trinajstić information content (AvgIpc) is 2.60. The summed E-state index contributed by atoms with van der Waals surface area (Å²) in [5, 5.41) is 8.81. The van der Waals surface area contributed by atoms with Gasteiger partial charge in [-0.15, -0.1) is 0 Å². The summed E-state index contributed by atoms with van der Waals surface area (Å²) in [5.74, 6) is -0.150. The number of benzene rings is 2. The molecule has 0 heterocycles. The Morgan fingerprint density at radius 2 is 1.29 bits per heavy atom. The Bertz CT molecular complexity index is 676. The van der Waals surface area contributed by atoms with Crippen LogP contribution in [0, 0.1) is 0 Å². The van der Waals surface area contributed by atoms with E-state index in [-0.39, 0.29) is 11.5 Å². The molecule has 6 heteroatoms. The second-order valence-corrected chi connectivity index (χ2v) is 4.77. The summed E-state index contributed by atoms with van der Waals surface area (Å²) < 4.78 is 15.9. The van der Waals surface area contributed by atoms with Crippen LogP contribution in [0.15, 0.2) is 48.5 Å². The van der Waals surface area contributed by atoms with Crippen molar-refractivity contribution in [3.63, 3.8) is 0 Å². The molecule has 0 amide bonds. The zero-order valence-electron chi connectivity index (χ0n) is 13.2. The van der Waals surface area contributed by atoms with Crippen LogP contribution in [0.2, 0.25) is 0 Å². The summed E-state index contributed by atoms with van der Waals surface area (Å²) in [6.45, 7) is 2.72. The molecule has 24 heavy (non-hydrogen) atoms. The van der Waals surface area contributed by atoms with Crippen LogP contribution in [-0.4, -0.2) is 36.9 Å². The lowest BCUT2D eigenvalue weighted by Crippen LogP contribution is -2.09. The SMILES string of the molecule is CCOC(=O)c1ccc(OCCOc2ccc(C(=O)O)cc2)cc1. The number of carboxylic acids is 1. The molecule has 0 aliphatic rings. The van der Waals surface area contributed by atoms with Gasteiger partial charge in [-0.3, -0.25) is 0 Å². The van der Waals surface area contributed by atoms with E-state index in [2.05, 4.69) is 0 Å². The first-order valence-electron chi connectivity index (χ1n) is 7.46. The van der Waals surface area contributed by atoms with Gasteiger partial charge in [-0.25, -0.2) is 9.59 Å². The normalized spacial score (nSPS) is 10.0. The van der Waals surface area contributed by atoms with E-state index in [1.54, 1.807) is 43.3 Å². The molecule has 1 N–H and O–H groups in total. The highest BCUT2D eigenvalue weighted by Gasteiger charge is 2.06. The number of esters is 1. The molecule has 0 aromatic heterocycles. The topological polar surface area (TPSA) is 82.1 Å². The Balaban J connectivity index is 1.75. The molecule has 0 unspecified atom stereocenters. The molecule has 0 bridgehead atoms. The molecule has 0 aliphatic heterocycles. The van der Waals surface area contributed by atoms with Gasteiger partial charge in [-0.2, -0.15) is 0 Å². The smallest absolute Gasteiger partial charge is 0.338 e. The van der Waals surface area contributed by atoms with Crippen LogP contribution in [-0.2, 0) is 4.74 Å². The summed E-state index contributed by atoms with van der Waals surface area (Å²) >= 11 is 0. The van der Waals surface area contributed by atoms with Crippen LogP contribution in [0.3, 0.4) is 0 Å². The number of carboxylic acid groups (broad SMARTS) is 1. The number of carbonyl (C=O) groups is 2. The van der Waals surface area contributed by atoms with Gasteiger partial charge in [0.15, 0.2) is 0 Å². The van der Waals surface area contributed by atoms with Gasteiger partial charge in [0.2, 0.25) is 0 Å². The van der Waals surface area contributed by atoms with E-state index in [1.807, 2.05) is 0 Å². The zero-order valence-corrected chi connectivity index (χ0v) is 13.2. The van der Waals surface area contributed by atoms with Crippen LogP contribution in [0.5, 0.6) is 11.5 Å². The first-order chi connectivity index (χ1) is 11.6. The van der Waals surface area contributed by atoms with E-state index in [9.17, 15) is 9.59 Å². The predicted molar refractivity (Wildman–Crippen MR) is 86.8 cm³/mol. The van der Waals surface area contributed by atoms with Crippen LogP contribution < -0.4 is 9.47 Å². The second kappa shape index (κ2) is 8.57. The van der Waals surface area contributed by atoms with E-state index in [1.165, 1.54) is 12.1 Å². The van der Waals surface area contributed by atoms with Gasteiger partial charge in [0.1, 0.15) is 24.7 Å². The molecular weight excluding hydrogens is 312 g/mol. The third-order valence-electron chi connectivity index (χ3n) is 3.09. The third-order valence-corrected chi connectivity index (χ3v) is 3.09. The maximum absolute atomic E-state index is 11.5. The minimum Gasteiger partial charge on any atom is -0.490 e. The van der Waals surface area contributed by atoms with E-state index in [4.69, 9.17) is 19.3 Å². The zero-order chi connectivity index (χ0) is 17.4. The second-order valence-electron chi connectivity index (χ2n) is 4.77. The standard InChI is InChI=1S/C18H18O6/c1-2-22-18(21)14-5-9-16(10-6-14)24-12-11-23-15-7-3-13(4-8-15)17(19)20/h3-10H,2,11-12H2,1H3,(H,19,20). The van der Waals surface area contributed by atoms with Crippen molar-refractivity contribution in [2.45, 2.75) is 6.92 Å². The Hall–Kier alpha value is -3.02. The fourth-order valence-corrected chi connectivity index (χ4v) is 1.91. The minimum atomic E-state index is -0.976. The Kier molecular flexibility index (Phi) is 6.19. The molecule has 0 saturated carbocycles. The fourth-order valence-electron chi connectivity index (χ4n) is 1.91. The van der Waals surface area contributed by atoms with E-state index < -0.39 is 5.97 Å². The molecule has 0 aliphatic carbocycles. The minimum absolute atomic E-state index is 0.209. The number of carbonyl (C=O) groups excluding carboxylic acids is 1. The van der Waals surface area contributed by atoms with E-state index >= 15 is 0 Å². The summed E-state index contributed by atoms with van der Waals surface area (Å²) in [6.07, 6.45) is 0. The first-order valence-corrected chi connectivity index (χ1v) is 7.46. The number of hydrogen-bond donors (Lipinski definition) is 1. The van der Waals surface area contributed by atoms with Gasteiger partial charge in [-0.1, -0.05) is 0 Å². The highest BCUT2D eigenvalue weighted by molar-refractivity contribution is 5.89. The molecule has 0 radical (unpaired) electrons. The van der Waals surface area contributed by atoms with Crippen LogP contribution >= 0.6 is 0 Å². The quantitative estimate of drug-likeness (QED) is 0.592. The average molecular weight is 330 g/mol. The highest BCUT2D eigenvalue weighted by Crippen LogP contribution is 2.14. The Morgan fingerprint density at radius 1 is 0.833 bits per heavy atom. The van der Waals surface area contributed by atoms with Crippen molar-refractivity contribution in [3.05, 3.63) is 59.7 Å². The van der Waals surface area contributed by atoms with Crippen molar-refractivity contribution in [1.82, 2.24) is 0 Å². The Labute approximate surface area is 139 Å². The van der Waals surface area contributed by atoms with E-state index in [0.717, 1.165) is 0 Å². The maximum atomic E-state index is 11.5. The third kappa shape index (κ3) is 5.01.